The van der Waals surface area contributed by atoms with E-state index in [0.717, 1.165) is 5.69 Å². The number of Topliss-reactive ketones (excluding diaryl/α,β-unsaturated/α-hetero) is 1. The summed E-state index contributed by atoms with van der Waals surface area (Å²) in [5.74, 6) is -1.70. The molecule has 43 heavy (non-hydrogen) atoms. The highest BCUT2D eigenvalue weighted by molar-refractivity contribution is 6.03. The van der Waals surface area contributed by atoms with Crippen LogP contribution in [0.25, 0.3) is 0 Å². The zero-order valence-electron chi connectivity index (χ0n) is 23.7. The Morgan fingerprint density at radius 3 is 2.37 bits per heavy atom. The lowest BCUT2D eigenvalue weighted by Crippen LogP contribution is -2.53. The van der Waals surface area contributed by atoms with Crippen LogP contribution in [0.2, 0.25) is 0 Å². The quantitative estimate of drug-likeness (QED) is 0.302. The smallest absolute Gasteiger partial charge is 0.270 e. The molecule has 2 saturated heterocycles. The van der Waals surface area contributed by atoms with Crippen LogP contribution in [0.5, 0.6) is 5.75 Å². The van der Waals surface area contributed by atoms with E-state index >= 15 is 0 Å². The number of aromatic hydroxyl groups is 1. The van der Waals surface area contributed by atoms with Crippen molar-refractivity contribution in [3.05, 3.63) is 99.6 Å². The van der Waals surface area contributed by atoms with Gasteiger partial charge in [0.25, 0.3) is 17.5 Å². The van der Waals surface area contributed by atoms with Gasteiger partial charge in [-0.2, -0.15) is 0 Å². The van der Waals surface area contributed by atoms with Crippen molar-refractivity contribution in [3.63, 3.8) is 0 Å². The number of carbonyl (C=O) groups is 4. The fraction of sp³-hybridized carbons (Fsp3) is 0.290. The summed E-state index contributed by atoms with van der Waals surface area (Å²) in [4.78, 5) is 69.1. The third kappa shape index (κ3) is 6.03. The summed E-state index contributed by atoms with van der Waals surface area (Å²) in [5.41, 5.74) is 1.81. The molecule has 2 heterocycles. The maximum absolute atomic E-state index is 14.0. The topological polar surface area (TPSA) is 153 Å². The molecule has 2 aliphatic rings. The van der Waals surface area contributed by atoms with Crippen LogP contribution < -0.4 is 10.2 Å². The molecule has 0 bridgehead atoms. The van der Waals surface area contributed by atoms with Crippen LogP contribution in [0.4, 0.5) is 11.4 Å². The highest BCUT2D eigenvalue weighted by atomic mass is 16.6. The largest absolute Gasteiger partial charge is 0.508 e. The maximum Gasteiger partial charge on any atom is 0.270 e. The molecule has 0 aliphatic carbocycles. The van der Waals surface area contributed by atoms with E-state index in [1.165, 1.54) is 46.2 Å². The van der Waals surface area contributed by atoms with Crippen LogP contribution in [0, 0.1) is 10.1 Å². The molecule has 222 valence electrons. The Hall–Kier alpha value is -5.26. The Balaban J connectivity index is 1.37. The Labute approximate surface area is 247 Å². The summed E-state index contributed by atoms with van der Waals surface area (Å²) >= 11 is 0. The number of phenolic OH excluding ortho intramolecular Hbond substituents is 1. The SMILES string of the molecule is CN(C)c1ccc(C(=O)N[C@@H](Cc2ccc(O)cc2)C(=O)N2CC[C@@H]3C2C(=O)CN3C(=O)c2cccc([N+](=O)[O-])c2)cc1. The number of hydrogen-bond donors (Lipinski definition) is 2. The van der Waals surface area contributed by atoms with Crippen molar-refractivity contribution in [1.29, 1.82) is 0 Å². The molecule has 3 aromatic rings. The number of nitrogens with zero attached hydrogens (tertiary/aromatic N) is 4. The van der Waals surface area contributed by atoms with E-state index in [0.29, 0.717) is 17.5 Å². The molecule has 0 saturated carbocycles. The third-order valence-electron chi connectivity index (χ3n) is 7.90. The van der Waals surface area contributed by atoms with Crippen molar-refractivity contribution < 1.29 is 29.2 Å². The average Bonchev–Trinajstić information content (AvgIpc) is 3.58. The van der Waals surface area contributed by atoms with Gasteiger partial charge in [-0.05, 0) is 54.4 Å². The molecule has 0 radical (unpaired) electrons. The summed E-state index contributed by atoms with van der Waals surface area (Å²) in [6.45, 7) is -0.0358. The zero-order valence-corrected chi connectivity index (χ0v) is 23.7. The van der Waals surface area contributed by atoms with Crippen molar-refractivity contribution in [2.45, 2.75) is 31.0 Å². The normalized spacial score (nSPS) is 18.2. The molecule has 12 heteroatoms. The first-order valence-electron chi connectivity index (χ1n) is 13.8. The average molecular weight is 586 g/mol. The Kier molecular flexibility index (Phi) is 8.11. The summed E-state index contributed by atoms with van der Waals surface area (Å²) in [6, 6.07) is 16.0. The van der Waals surface area contributed by atoms with E-state index in [1.54, 1.807) is 36.4 Å². The van der Waals surface area contributed by atoms with E-state index in [1.807, 2.05) is 19.0 Å². The Morgan fingerprint density at radius 1 is 1.02 bits per heavy atom. The number of amides is 3. The van der Waals surface area contributed by atoms with Gasteiger partial charge >= 0.3 is 0 Å². The predicted molar refractivity (Wildman–Crippen MR) is 157 cm³/mol. The number of fused-ring (bicyclic) bond motifs is 1. The van der Waals surface area contributed by atoms with Crippen molar-refractivity contribution in [2.75, 3.05) is 32.1 Å². The van der Waals surface area contributed by atoms with Crippen molar-refractivity contribution >= 4 is 34.9 Å². The minimum absolute atomic E-state index is 0.0593. The first-order valence-corrected chi connectivity index (χ1v) is 13.8. The standard InChI is InChI=1S/C31H31N5O7/c1-33(2)22-10-8-20(9-11-22)29(39)32-25(16-19-6-12-24(37)13-7-19)31(41)34-15-14-26-28(34)27(38)18-35(26)30(40)21-4-3-5-23(17-21)36(42)43/h3-13,17,25-26,28,37H,14-16,18H2,1-2H3,(H,32,39)/t25-,26+,28?/m0/s1. The number of carbonyl (C=O) groups excluding carboxylic acids is 4. The molecular weight excluding hydrogens is 554 g/mol. The number of hydrogen-bond acceptors (Lipinski definition) is 8. The second-order valence-corrected chi connectivity index (χ2v) is 10.9. The van der Waals surface area contributed by atoms with Gasteiger partial charge in [0.2, 0.25) is 5.91 Å². The van der Waals surface area contributed by atoms with E-state index in [2.05, 4.69) is 5.32 Å². The number of nitro groups is 1. The Morgan fingerprint density at radius 2 is 1.72 bits per heavy atom. The van der Waals surface area contributed by atoms with E-state index < -0.39 is 40.8 Å². The molecular formula is C31H31N5O7. The first-order chi connectivity index (χ1) is 20.5. The number of nitrogens with one attached hydrogen (secondary N) is 1. The fourth-order valence-corrected chi connectivity index (χ4v) is 5.68. The lowest BCUT2D eigenvalue weighted by atomic mass is 10.0. The first kappa shape index (κ1) is 29.2. The number of anilines is 1. The molecule has 3 amide bonds. The second-order valence-electron chi connectivity index (χ2n) is 10.9. The third-order valence-corrected chi connectivity index (χ3v) is 7.90. The number of phenols is 1. The molecule has 3 atom stereocenters. The minimum atomic E-state index is -1.03. The minimum Gasteiger partial charge on any atom is -0.508 e. The van der Waals surface area contributed by atoms with Crippen LogP contribution in [0.15, 0.2) is 72.8 Å². The number of rotatable bonds is 8. The van der Waals surface area contributed by atoms with Gasteiger partial charge in [0.1, 0.15) is 17.8 Å². The zero-order chi connectivity index (χ0) is 30.8. The number of nitro benzene ring substituents is 1. The number of ketones is 1. The van der Waals surface area contributed by atoms with Gasteiger partial charge in [0.15, 0.2) is 5.78 Å². The van der Waals surface area contributed by atoms with Crippen LogP contribution in [-0.4, -0.2) is 88.6 Å². The van der Waals surface area contributed by atoms with Gasteiger partial charge in [-0.1, -0.05) is 18.2 Å². The molecule has 5 rings (SSSR count). The van der Waals surface area contributed by atoms with Gasteiger partial charge in [-0.25, -0.2) is 0 Å². The summed E-state index contributed by atoms with van der Waals surface area (Å²) in [7, 11) is 3.76. The van der Waals surface area contributed by atoms with Crippen molar-refractivity contribution in [1.82, 2.24) is 15.1 Å². The second kappa shape index (κ2) is 11.9. The van der Waals surface area contributed by atoms with Crippen LogP contribution in [0.3, 0.4) is 0 Å². The molecule has 3 aromatic carbocycles. The summed E-state index contributed by atoms with van der Waals surface area (Å²) in [6.07, 6.45) is 0.452. The molecule has 2 aliphatic heterocycles. The van der Waals surface area contributed by atoms with Crippen LogP contribution in [0.1, 0.15) is 32.7 Å². The lowest BCUT2D eigenvalue weighted by Gasteiger charge is -2.28. The number of likely N-dealkylation sites (tertiary alicyclic amines) is 2. The highest BCUT2D eigenvalue weighted by Gasteiger charge is 2.52. The van der Waals surface area contributed by atoms with Crippen LogP contribution >= 0.6 is 0 Å². The molecule has 0 spiro atoms. The number of benzene rings is 3. The fourth-order valence-electron chi connectivity index (χ4n) is 5.68. The molecule has 1 unspecified atom stereocenters. The summed E-state index contributed by atoms with van der Waals surface area (Å²) < 4.78 is 0. The lowest BCUT2D eigenvalue weighted by molar-refractivity contribution is -0.384. The molecule has 2 N–H and O–H groups in total. The van der Waals surface area contributed by atoms with E-state index in [-0.39, 0.29) is 42.3 Å². The molecule has 12 nitrogen and oxygen atoms in total. The monoisotopic (exact) mass is 585 g/mol. The van der Waals surface area contributed by atoms with Gasteiger partial charge in [-0.3, -0.25) is 29.3 Å². The highest BCUT2D eigenvalue weighted by Crippen LogP contribution is 2.32. The molecule has 2 fully saturated rings. The predicted octanol–water partition coefficient (Wildman–Crippen LogP) is 2.40. The van der Waals surface area contributed by atoms with E-state index in [9.17, 15) is 34.4 Å². The van der Waals surface area contributed by atoms with Gasteiger partial charge in [0, 0.05) is 56.0 Å². The van der Waals surface area contributed by atoms with Crippen LogP contribution in [-0.2, 0) is 16.0 Å². The van der Waals surface area contributed by atoms with Crippen molar-refractivity contribution in [2.24, 2.45) is 0 Å². The van der Waals surface area contributed by atoms with E-state index in [4.69, 9.17) is 0 Å². The van der Waals surface area contributed by atoms with Gasteiger partial charge in [0.05, 0.1) is 17.5 Å². The van der Waals surface area contributed by atoms with Gasteiger partial charge in [-0.15, -0.1) is 0 Å². The van der Waals surface area contributed by atoms with Gasteiger partial charge < -0.3 is 25.1 Å². The summed E-state index contributed by atoms with van der Waals surface area (Å²) in [5, 5.41) is 23.7. The molecule has 0 aromatic heterocycles. The maximum atomic E-state index is 14.0. The Bertz CT molecular complexity index is 1570. The number of non-ortho nitro benzene ring substituents is 1. The van der Waals surface area contributed by atoms with Crippen molar-refractivity contribution in [3.8, 4) is 5.75 Å².